The van der Waals surface area contributed by atoms with Crippen molar-refractivity contribution >= 4 is 0 Å². The van der Waals surface area contributed by atoms with Crippen molar-refractivity contribution in [2.45, 2.75) is 84.1 Å². The van der Waals surface area contributed by atoms with Crippen LogP contribution < -0.4 is 5.32 Å². The summed E-state index contributed by atoms with van der Waals surface area (Å²) in [6, 6.07) is 11.4. The lowest BCUT2D eigenvalue weighted by molar-refractivity contribution is 0.489. The Hall–Kier alpha value is -0.820. The quantitative estimate of drug-likeness (QED) is 0.457. The van der Waals surface area contributed by atoms with Crippen LogP contribution in [0.3, 0.4) is 0 Å². The lowest BCUT2D eigenvalue weighted by Gasteiger charge is -2.13. The van der Waals surface area contributed by atoms with E-state index in [1.54, 1.807) is 0 Å². The third-order valence-electron chi connectivity index (χ3n) is 4.23. The van der Waals surface area contributed by atoms with Crippen molar-refractivity contribution in [2.24, 2.45) is 0 Å². The third-order valence-corrected chi connectivity index (χ3v) is 4.23. The molecular weight excluding hydrogens is 254 g/mol. The van der Waals surface area contributed by atoms with E-state index in [2.05, 4.69) is 49.5 Å². The largest absolute Gasteiger partial charge is 0.314 e. The van der Waals surface area contributed by atoms with E-state index < -0.39 is 0 Å². The lowest BCUT2D eigenvalue weighted by atomic mass is 10.1. The summed E-state index contributed by atoms with van der Waals surface area (Å²) in [6.45, 7) is 5.78. The van der Waals surface area contributed by atoms with E-state index >= 15 is 0 Å². The van der Waals surface area contributed by atoms with Crippen molar-refractivity contribution in [3.8, 4) is 0 Å². The minimum absolute atomic E-state index is 0.634. The van der Waals surface area contributed by atoms with Crippen LogP contribution in [0.15, 0.2) is 30.3 Å². The zero-order chi connectivity index (χ0) is 15.2. The van der Waals surface area contributed by atoms with E-state index in [1.165, 1.54) is 76.3 Å². The maximum absolute atomic E-state index is 3.66. The van der Waals surface area contributed by atoms with E-state index in [9.17, 15) is 0 Å². The van der Waals surface area contributed by atoms with Gasteiger partial charge in [-0.05, 0) is 38.3 Å². The van der Waals surface area contributed by atoms with Gasteiger partial charge in [0.1, 0.15) is 0 Å². The fourth-order valence-corrected chi connectivity index (χ4v) is 2.74. The zero-order valence-electron chi connectivity index (χ0n) is 14.2. The Morgan fingerprint density at radius 1 is 0.857 bits per heavy atom. The zero-order valence-corrected chi connectivity index (χ0v) is 14.2. The molecule has 0 aliphatic rings. The minimum atomic E-state index is 0.634. The van der Waals surface area contributed by atoms with Gasteiger partial charge in [-0.2, -0.15) is 0 Å². The molecule has 1 aromatic rings. The number of rotatable bonds is 13. The van der Waals surface area contributed by atoms with Crippen LogP contribution in [0.5, 0.6) is 0 Å². The second-order valence-corrected chi connectivity index (χ2v) is 6.35. The van der Waals surface area contributed by atoms with Gasteiger partial charge in [0.15, 0.2) is 0 Å². The van der Waals surface area contributed by atoms with E-state index in [4.69, 9.17) is 0 Å². The molecule has 0 heterocycles. The van der Waals surface area contributed by atoms with Gasteiger partial charge in [0, 0.05) is 6.04 Å². The Bertz CT molecular complexity index is 320. The fourth-order valence-electron chi connectivity index (χ4n) is 2.74. The van der Waals surface area contributed by atoms with Gasteiger partial charge in [-0.3, -0.25) is 0 Å². The summed E-state index contributed by atoms with van der Waals surface area (Å²) in [6.07, 6.45) is 13.7. The van der Waals surface area contributed by atoms with Crippen molar-refractivity contribution < 1.29 is 0 Å². The average molecular weight is 290 g/mol. The SMILES string of the molecule is CCCCCCCCCCNC(C)CCc1ccccc1. The summed E-state index contributed by atoms with van der Waals surface area (Å²) in [7, 11) is 0. The van der Waals surface area contributed by atoms with E-state index in [0.29, 0.717) is 6.04 Å². The molecule has 0 aliphatic heterocycles. The Balaban J connectivity index is 1.88. The van der Waals surface area contributed by atoms with Gasteiger partial charge in [0.05, 0.1) is 0 Å². The molecule has 21 heavy (non-hydrogen) atoms. The molecule has 1 heteroatoms. The third kappa shape index (κ3) is 10.5. The van der Waals surface area contributed by atoms with Crippen LogP contribution in [0.1, 0.15) is 77.2 Å². The molecular formula is C20H35N. The highest BCUT2D eigenvalue weighted by atomic mass is 14.9. The molecule has 0 saturated carbocycles. The predicted octanol–water partition coefficient (Wildman–Crippen LogP) is 5.74. The number of hydrogen-bond donors (Lipinski definition) is 1. The van der Waals surface area contributed by atoms with Gasteiger partial charge < -0.3 is 5.32 Å². The van der Waals surface area contributed by atoms with E-state index in [0.717, 1.165) is 0 Å². The first-order chi connectivity index (χ1) is 10.3. The van der Waals surface area contributed by atoms with Gasteiger partial charge in [0.25, 0.3) is 0 Å². The first-order valence-electron chi connectivity index (χ1n) is 9.10. The first kappa shape index (κ1) is 18.2. The normalized spacial score (nSPS) is 12.5. The van der Waals surface area contributed by atoms with E-state index in [1.807, 2.05) is 0 Å². The average Bonchev–Trinajstić information content (AvgIpc) is 2.52. The molecule has 0 aromatic heterocycles. The molecule has 1 unspecified atom stereocenters. The summed E-state index contributed by atoms with van der Waals surface area (Å²) < 4.78 is 0. The monoisotopic (exact) mass is 289 g/mol. The van der Waals surface area contributed by atoms with Gasteiger partial charge in [0.2, 0.25) is 0 Å². The molecule has 0 amide bonds. The number of unbranched alkanes of at least 4 members (excludes halogenated alkanes) is 7. The van der Waals surface area contributed by atoms with Crippen LogP contribution in [0.4, 0.5) is 0 Å². The topological polar surface area (TPSA) is 12.0 Å². The molecule has 0 radical (unpaired) electrons. The van der Waals surface area contributed by atoms with Crippen molar-refractivity contribution in [3.63, 3.8) is 0 Å². The van der Waals surface area contributed by atoms with Crippen LogP contribution in [-0.4, -0.2) is 12.6 Å². The van der Waals surface area contributed by atoms with Crippen LogP contribution in [0.2, 0.25) is 0 Å². The Morgan fingerprint density at radius 2 is 1.48 bits per heavy atom. The molecule has 0 bridgehead atoms. The summed E-state index contributed by atoms with van der Waals surface area (Å²) >= 11 is 0. The summed E-state index contributed by atoms with van der Waals surface area (Å²) in [5, 5.41) is 3.66. The second-order valence-electron chi connectivity index (χ2n) is 6.35. The molecule has 1 rings (SSSR count). The smallest absolute Gasteiger partial charge is 0.00418 e. The first-order valence-corrected chi connectivity index (χ1v) is 9.10. The van der Waals surface area contributed by atoms with Crippen molar-refractivity contribution in [1.82, 2.24) is 5.32 Å². The molecule has 1 aromatic carbocycles. The maximum atomic E-state index is 3.66. The van der Waals surface area contributed by atoms with Gasteiger partial charge in [-0.15, -0.1) is 0 Å². The van der Waals surface area contributed by atoms with Crippen LogP contribution in [0.25, 0.3) is 0 Å². The van der Waals surface area contributed by atoms with Crippen molar-refractivity contribution in [3.05, 3.63) is 35.9 Å². The molecule has 1 N–H and O–H groups in total. The van der Waals surface area contributed by atoms with Crippen LogP contribution in [-0.2, 0) is 6.42 Å². The molecule has 0 spiro atoms. The molecule has 0 fully saturated rings. The minimum Gasteiger partial charge on any atom is -0.314 e. The molecule has 1 nitrogen and oxygen atoms in total. The highest BCUT2D eigenvalue weighted by Gasteiger charge is 2.01. The van der Waals surface area contributed by atoms with Gasteiger partial charge in [-0.25, -0.2) is 0 Å². The molecule has 0 saturated heterocycles. The number of aryl methyl sites for hydroxylation is 1. The summed E-state index contributed by atoms with van der Waals surface area (Å²) in [5.41, 5.74) is 1.46. The van der Waals surface area contributed by atoms with Crippen molar-refractivity contribution in [1.29, 1.82) is 0 Å². The highest BCUT2D eigenvalue weighted by molar-refractivity contribution is 5.14. The van der Waals surface area contributed by atoms with Gasteiger partial charge in [-0.1, -0.05) is 82.2 Å². The number of benzene rings is 1. The lowest BCUT2D eigenvalue weighted by Crippen LogP contribution is -2.27. The fraction of sp³-hybridized carbons (Fsp3) is 0.700. The number of nitrogens with one attached hydrogen (secondary N) is 1. The second kappa shape index (κ2) is 12.9. The van der Waals surface area contributed by atoms with Crippen molar-refractivity contribution in [2.75, 3.05) is 6.54 Å². The molecule has 0 aliphatic carbocycles. The summed E-state index contributed by atoms with van der Waals surface area (Å²) in [4.78, 5) is 0. The Morgan fingerprint density at radius 3 is 2.14 bits per heavy atom. The number of hydrogen-bond acceptors (Lipinski definition) is 1. The highest BCUT2D eigenvalue weighted by Crippen LogP contribution is 2.08. The Labute approximate surface area is 132 Å². The van der Waals surface area contributed by atoms with Crippen LogP contribution in [0, 0.1) is 0 Å². The molecule has 120 valence electrons. The maximum Gasteiger partial charge on any atom is 0.00418 e. The molecule has 1 atom stereocenters. The van der Waals surface area contributed by atoms with Gasteiger partial charge >= 0.3 is 0 Å². The summed E-state index contributed by atoms with van der Waals surface area (Å²) in [5.74, 6) is 0. The standard InChI is InChI=1S/C20H35N/c1-3-4-5-6-7-8-9-13-18-21-19(2)16-17-20-14-11-10-12-15-20/h10-12,14-15,19,21H,3-9,13,16-18H2,1-2H3. The predicted molar refractivity (Wildman–Crippen MR) is 94.8 cm³/mol. The Kier molecular flexibility index (Phi) is 11.2. The van der Waals surface area contributed by atoms with E-state index in [-0.39, 0.29) is 0 Å². The van der Waals surface area contributed by atoms with Crippen LogP contribution >= 0.6 is 0 Å².